The Kier molecular flexibility index (Phi) is 5.85. The zero-order valence-corrected chi connectivity index (χ0v) is 15.4. The second kappa shape index (κ2) is 7.51. The first kappa shape index (κ1) is 18.7. The smallest absolute Gasteiger partial charge is 0.410 e. The van der Waals surface area contributed by atoms with E-state index in [2.05, 4.69) is 4.98 Å². The Balaban J connectivity index is 2.06. The number of carbonyl (C=O) groups excluding carboxylic acids is 1. The second-order valence-corrected chi connectivity index (χ2v) is 9.34. The number of ether oxygens (including phenoxy) is 1. The van der Waals surface area contributed by atoms with Crippen molar-refractivity contribution in [2.75, 3.05) is 12.3 Å². The molecular weight excluding hydrogens is 328 g/mol. The van der Waals surface area contributed by atoms with E-state index in [1.807, 2.05) is 20.8 Å². The number of pyridine rings is 1. The average molecular weight is 354 g/mol. The van der Waals surface area contributed by atoms with Crippen LogP contribution in [0.5, 0.6) is 0 Å². The Morgan fingerprint density at radius 3 is 2.58 bits per heavy atom. The van der Waals surface area contributed by atoms with Crippen molar-refractivity contribution < 1.29 is 17.9 Å². The van der Waals surface area contributed by atoms with Crippen LogP contribution in [0.3, 0.4) is 0 Å². The quantitative estimate of drug-likeness (QED) is 0.831. The van der Waals surface area contributed by atoms with E-state index in [1.54, 1.807) is 29.4 Å². The van der Waals surface area contributed by atoms with E-state index in [0.29, 0.717) is 18.5 Å². The number of amides is 1. The van der Waals surface area contributed by atoms with Crippen LogP contribution < -0.4 is 0 Å². The van der Waals surface area contributed by atoms with Crippen LogP contribution in [0.4, 0.5) is 4.79 Å². The number of likely N-dealkylation sites (tertiary alicyclic amines) is 1. The van der Waals surface area contributed by atoms with Gasteiger partial charge >= 0.3 is 6.09 Å². The van der Waals surface area contributed by atoms with Crippen LogP contribution in [0.1, 0.15) is 45.6 Å². The zero-order valence-electron chi connectivity index (χ0n) is 14.6. The van der Waals surface area contributed by atoms with Gasteiger partial charge in [-0.1, -0.05) is 0 Å². The van der Waals surface area contributed by atoms with Crippen molar-refractivity contribution >= 4 is 15.9 Å². The molecule has 1 aliphatic rings. The lowest BCUT2D eigenvalue weighted by molar-refractivity contribution is 0.0124. The molecule has 1 unspecified atom stereocenters. The van der Waals surface area contributed by atoms with Crippen LogP contribution in [0.2, 0.25) is 0 Å². The molecule has 7 heteroatoms. The van der Waals surface area contributed by atoms with E-state index in [9.17, 15) is 13.2 Å². The van der Waals surface area contributed by atoms with Crippen LogP contribution in [0.15, 0.2) is 24.5 Å². The van der Waals surface area contributed by atoms with Crippen LogP contribution in [0, 0.1) is 0 Å². The summed E-state index contributed by atoms with van der Waals surface area (Å²) in [5.74, 6) is -0.0667. The van der Waals surface area contributed by atoms with Crippen LogP contribution in [-0.4, -0.2) is 48.3 Å². The summed E-state index contributed by atoms with van der Waals surface area (Å²) in [7, 11) is -3.32. The Morgan fingerprint density at radius 2 is 1.96 bits per heavy atom. The minimum Gasteiger partial charge on any atom is -0.444 e. The predicted molar refractivity (Wildman–Crippen MR) is 92.3 cm³/mol. The van der Waals surface area contributed by atoms with Gasteiger partial charge in [0.05, 0.1) is 11.5 Å². The minimum atomic E-state index is -3.32. The van der Waals surface area contributed by atoms with Gasteiger partial charge < -0.3 is 9.64 Å². The van der Waals surface area contributed by atoms with Gasteiger partial charge in [0.25, 0.3) is 0 Å². The van der Waals surface area contributed by atoms with E-state index in [-0.39, 0.29) is 17.5 Å². The molecule has 0 bridgehead atoms. The van der Waals surface area contributed by atoms with Crippen molar-refractivity contribution in [3.63, 3.8) is 0 Å². The van der Waals surface area contributed by atoms with Gasteiger partial charge in [-0.05, 0) is 57.7 Å². The maximum absolute atomic E-state index is 12.5. The summed E-state index contributed by atoms with van der Waals surface area (Å²) in [6.07, 6.45) is 5.23. The molecule has 2 heterocycles. The summed E-state index contributed by atoms with van der Waals surface area (Å²) in [6.45, 7) is 5.97. The van der Waals surface area contributed by atoms with E-state index in [1.165, 1.54) is 0 Å². The summed E-state index contributed by atoms with van der Waals surface area (Å²) >= 11 is 0. The standard InChI is InChI=1S/C17H26N2O4S/c1-17(2,3)23-16(20)19-11-5-4-6-15(19)13-24(21,22)12-14-7-9-18-10-8-14/h7-10,15H,4-6,11-13H2,1-3H3. The highest BCUT2D eigenvalue weighted by molar-refractivity contribution is 7.90. The Labute approximate surface area is 144 Å². The van der Waals surface area contributed by atoms with Crippen molar-refractivity contribution in [1.82, 2.24) is 9.88 Å². The number of piperidine rings is 1. The molecule has 1 saturated heterocycles. The summed E-state index contributed by atoms with van der Waals surface area (Å²) < 4.78 is 30.5. The van der Waals surface area contributed by atoms with Crippen molar-refractivity contribution in [3.05, 3.63) is 30.1 Å². The van der Waals surface area contributed by atoms with Gasteiger partial charge in [-0.15, -0.1) is 0 Å². The predicted octanol–water partition coefficient (Wildman–Crippen LogP) is 2.79. The Hall–Kier alpha value is -1.63. The van der Waals surface area contributed by atoms with Gasteiger partial charge in [0.2, 0.25) is 0 Å². The lowest BCUT2D eigenvalue weighted by Gasteiger charge is -2.36. The third-order valence-electron chi connectivity index (χ3n) is 3.84. The molecule has 134 valence electrons. The molecule has 0 N–H and O–H groups in total. The molecule has 0 spiro atoms. The van der Waals surface area contributed by atoms with Gasteiger partial charge in [-0.25, -0.2) is 13.2 Å². The lowest BCUT2D eigenvalue weighted by Crippen LogP contribution is -2.49. The number of carbonyl (C=O) groups is 1. The highest BCUT2D eigenvalue weighted by Crippen LogP contribution is 2.22. The molecule has 24 heavy (non-hydrogen) atoms. The summed E-state index contributed by atoms with van der Waals surface area (Å²) in [4.78, 5) is 17.8. The number of nitrogens with zero attached hydrogens (tertiary/aromatic N) is 2. The molecule has 1 aliphatic heterocycles. The van der Waals surface area contributed by atoms with Crippen LogP contribution in [0.25, 0.3) is 0 Å². The van der Waals surface area contributed by atoms with E-state index in [0.717, 1.165) is 12.8 Å². The van der Waals surface area contributed by atoms with Crippen LogP contribution in [-0.2, 0) is 20.3 Å². The molecular formula is C17H26N2O4S. The minimum absolute atomic E-state index is 0.0332. The third kappa shape index (κ3) is 5.78. The number of rotatable bonds is 4. The topological polar surface area (TPSA) is 76.6 Å². The summed E-state index contributed by atoms with van der Waals surface area (Å²) in [6, 6.07) is 3.08. The number of hydrogen-bond donors (Lipinski definition) is 0. The molecule has 2 rings (SSSR count). The molecule has 0 radical (unpaired) electrons. The molecule has 1 amide bonds. The maximum atomic E-state index is 12.5. The first-order valence-corrected chi connectivity index (χ1v) is 10.1. The molecule has 1 atom stereocenters. The van der Waals surface area contributed by atoms with E-state index in [4.69, 9.17) is 4.74 Å². The van der Waals surface area contributed by atoms with E-state index < -0.39 is 21.5 Å². The molecule has 0 aliphatic carbocycles. The molecule has 6 nitrogen and oxygen atoms in total. The molecule has 0 saturated carbocycles. The first-order valence-electron chi connectivity index (χ1n) is 8.25. The normalized spacial score (nSPS) is 19.1. The largest absolute Gasteiger partial charge is 0.444 e. The summed E-state index contributed by atoms with van der Waals surface area (Å²) in [5.41, 5.74) is 0.124. The monoisotopic (exact) mass is 354 g/mol. The Morgan fingerprint density at radius 1 is 1.29 bits per heavy atom. The summed E-state index contributed by atoms with van der Waals surface area (Å²) in [5, 5.41) is 0. The van der Waals surface area contributed by atoms with Crippen molar-refractivity contribution in [2.24, 2.45) is 0 Å². The molecule has 1 aromatic rings. The SMILES string of the molecule is CC(C)(C)OC(=O)N1CCCCC1CS(=O)(=O)Cc1ccncc1. The molecule has 0 aromatic carbocycles. The fraction of sp³-hybridized carbons (Fsp3) is 0.647. The highest BCUT2D eigenvalue weighted by atomic mass is 32.2. The third-order valence-corrected chi connectivity index (χ3v) is 5.50. The zero-order chi connectivity index (χ0) is 17.8. The average Bonchev–Trinajstić information content (AvgIpc) is 2.46. The van der Waals surface area contributed by atoms with Gasteiger partial charge in [-0.3, -0.25) is 4.98 Å². The Bertz CT molecular complexity index is 653. The molecule has 1 aromatic heterocycles. The van der Waals surface area contributed by atoms with Crippen LogP contribution >= 0.6 is 0 Å². The fourth-order valence-electron chi connectivity index (χ4n) is 2.82. The van der Waals surface area contributed by atoms with E-state index >= 15 is 0 Å². The second-order valence-electron chi connectivity index (χ2n) is 7.23. The van der Waals surface area contributed by atoms with Crippen molar-refractivity contribution in [1.29, 1.82) is 0 Å². The van der Waals surface area contributed by atoms with Gasteiger partial charge in [0.1, 0.15) is 5.60 Å². The first-order chi connectivity index (χ1) is 11.2. The van der Waals surface area contributed by atoms with Gasteiger partial charge in [-0.2, -0.15) is 0 Å². The molecule has 1 fully saturated rings. The number of aromatic nitrogens is 1. The highest BCUT2D eigenvalue weighted by Gasteiger charge is 2.33. The van der Waals surface area contributed by atoms with Crippen molar-refractivity contribution in [2.45, 2.75) is 57.4 Å². The number of sulfone groups is 1. The lowest BCUT2D eigenvalue weighted by atomic mass is 10.0. The fourth-order valence-corrected chi connectivity index (χ4v) is 4.57. The maximum Gasteiger partial charge on any atom is 0.410 e. The van der Waals surface area contributed by atoms with Crippen molar-refractivity contribution in [3.8, 4) is 0 Å². The number of hydrogen-bond acceptors (Lipinski definition) is 5. The van der Waals surface area contributed by atoms with Gasteiger partial charge in [0, 0.05) is 25.0 Å². The van der Waals surface area contributed by atoms with Gasteiger partial charge in [0.15, 0.2) is 9.84 Å².